The average Bonchev–Trinajstić information content (AvgIpc) is 2.44. The van der Waals surface area contributed by atoms with Crippen molar-refractivity contribution >= 4 is 24.0 Å². The number of fused-ring (bicyclic) bond motifs is 1. The summed E-state index contributed by atoms with van der Waals surface area (Å²) in [4.78, 5) is 0. The van der Waals surface area contributed by atoms with Gasteiger partial charge in [0.2, 0.25) is 0 Å². The Labute approximate surface area is 142 Å². The van der Waals surface area contributed by atoms with E-state index < -0.39 is 8.07 Å². The van der Waals surface area contributed by atoms with Crippen molar-refractivity contribution in [2.24, 2.45) is 0 Å². The Morgan fingerprint density at radius 2 is 1.74 bits per heavy atom. The number of aromatic hydroxyl groups is 1. The fraction of sp³-hybridized carbons (Fsp3) is 0.524. The van der Waals surface area contributed by atoms with Crippen LogP contribution >= 0.6 is 0 Å². The molecule has 0 amide bonds. The molecular weight excluding hydrogens is 296 g/mol. The van der Waals surface area contributed by atoms with Gasteiger partial charge in [-0.25, -0.2) is 0 Å². The maximum atomic E-state index is 10.6. The molecule has 0 saturated carbocycles. The summed E-state index contributed by atoms with van der Waals surface area (Å²) in [5.74, 6) is 0.445. The summed E-state index contributed by atoms with van der Waals surface area (Å²) >= 11 is 0. The van der Waals surface area contributed by atoms with Gasteiger partial charge in [-0.3, -0.25) is 0 Å². The van der Waals surface area contributed by atoms with Gasteiger partial charge in [0.15, 0.2) is 0 Å². The lowest BCUT2D eigenvalue weighted by atomic mass is 9.98. The maximum Gasteiger partial charge on any atom is 0.123 e. The molecule has 0 saturated heterocycles. The van der Waals surface area contributed by atoms with Gasteiger partial charge in [-0.1, -0.05) is 71.0 Å². The maximum absolute atomic E-state index is 10.6. The molecule has 0 unspecified atom stereocenters. The van der Waals surface area contributed by atoms with Gasteiger partial charge in [0.05, 0.1) is 8.07 Å². The highest BCUT2D eigenvalue weighted by atomic mass is 28.3. The van der Waals surface area contributed by atoms with Crippen molar-refractivity contribution < 1.29 is 5.11 Å². The van der Waals surface area contributed by atoms with Gasteiger partial charge < -0.3 is 5.11 Å². The quantitative estimate of drug-likeness (QED) is 0.691. The molecule has 0 aromatic heterocycles. The molecule has 126 valence electrons. The van der Waals surface area contributed by atoms with E-state index in [1.54, 1.807) is 0 Å². The Balaban J connectivity index is 2.81. The number of phenols is 1. The molecular formula is C21H32OSi. The number of phenolic OH excluding ortho intramolecular Hbond substituents is 1. The number of benzene rings is 2. The van der Waals surface area contributed by atoms with Gasteiger partial charge in [0, 0.05) is 5.39 Å². The summed E-state index contributed by atoms with van der Waals surface area (Å²) in [5.41, 5.74) is 2.68. The first-order valence-electron chi connectivity index (χ1n) is 8.85. The van der Waals surface area contributed by atoms with Crippen LogP contribution < -0.4 is 5.19 Å². The lowest BCUT2D eigenvalue weighted by Crippen LogP contribution is -2.49. The van der Waals surface area contributed by atoms with Crippen molar-refractivity contribution in [2.75, 3.05) is 0 Å². The summed E-state index contributed by atoms with van der Waals surface area (Å²) in [6.45, 7) is 16.3. The Kier molecular flexibility index (Phi) is 4.96. The van der Waals surface area contributed by atoms with E-state index in [0.29, 0.717) is 5.75 Å². The van der Waals surface area contributed by atoms with Gasteiger partial charge >= 0.3 is 0 Å². The van der Waals surface area contributed by atoms with Crippen molar-refractivity contribution in [3.8, 4) is 5.75 Å². The average molecular weight is 329 g/mol. The smallest absolute Gasteiger partial charge is 0.123 e. The molecule has 0 spiro atoms. The van der Waals surface area contributed by atoms with Crippen molar-refractivity contribution in [3.63, 3.8) is 0 Å². The highest BCUT2D eigenvalue weighted by Gasteiger charge is 2.38. The highest BCUT2D eigenvalue weighted by molar-refractivity contribution is 6.93. The van der Waals surface area contributed by atoms with Crippen LogP contribution in [-0.2, 0) is 6.42 Å². The molecule has 0 fully saturated rings. The largest absolute Gasteiger partial charge is 0.507 e. The zero-order valence-electron chi connectivity index (χ0n) is 15.9. The third-order valence-electron chi connectivity index (χ3n) is 5.68. The van der Waals surface area contributed by atoms with Crippen LogP contribution in [0.3, 0.4) is 0 Å². The second kappa shape index (κ2) is 6.31. The van der Waals surface area contributed by atoms with Crippen LogP contribution in [0.4, 0.5) is 0 Å². The Bertz CT molecular complexity index is 708. The first-order valence-corrected chi connectivity index (χ1v) is 11.8. The van der Waals surface area contributed by atoms with E-state index in [1.165, 1.54) is 34.5 Å². The van der Waals surface area contributed by atoms with Crippen LogP contribution in [0.2, 0.25) is 18.1 Å². The van der Waals surface area contributed by atoms with Gasteiger partial charge in [-0.15, -0.1) is 0 Å². The number of rotatable bonds is 4. The molecule has 0 atom stereocenters. The highest BCUT2D eigenvalue weighted by Crippen LogP contribution is 2.39. The molecule has 0 aliphatic rings. The van der Waals surface area contributed by atoms with Gasteiger partial charge in [0.25, 0.3) is 0 Å². The second-order valence-corrected chi connectivity index (χ2v) is 13.7. The Hall–Kier alpha value is -1.28. The summed E-state index contributed by atoms with van der Waals surface area (Å²) in [5, 5.41) is 14.7. The molecule has 0 radical (unpaired) electrons. The van der Waals surface area contributed by atoms with Crippen molar-refractivity contribution in [3.05, 3.63) is 35.4 Å². The van der Waals surface area contributed by atoms with E-state index in [4.69, 9.17) is 0 Å². The molecule has 2 aromatic rings. The topological polar surface area (TPSA) is 20.2 Å². The number of hydrogen-bond acceptors (Lipinski definition) is 1. The molecule has 2 rings (SSSR count). The van der Waals surface area contributed by atoms with Crippen LogP contribution in [0.1, 0.15) is 51.7 Å². The van der Waals surface area contributed by atoms with E-state index in [9.17, 15) is 5.11 Å². The zero-order chi connectivity index (χ0) is 17.4. The van der Waals surface area contributed by atoms with E-state index in [1.807, 2.05) is 6.07 Å². The third kappa shape index (κ3) is 3.33. The minimum Gasteiger partial charge on any atom is -0.507 e. The number of unbranched alkanes of at least 4 members (excludes halogenated alkanes) is 1. The zero-order valence-corrected chi connectivity index (χ0v) is 16.9. The van der Waals surface area contributed by atoms with Crippen molar-refractivity contribution in [1.82, 2.24) is 0 Å². The summed E-state index contributed by atoms with van der Waals surface area (Å²) < 4.78 is 0. The van der Waals surface area contributed by atoms with E-state index in [0.717, 1.165) is 11.8 Å². The predicted molar refractivity (Wildman–Crippen MR) is 106 cm³/mol. The Morgan fingerprint density at radius 3 is 2.30 bits per heavy atom. The molecule has 1 N–H and O–H groups in total. The minimum atomic E-state index is -1.72. The summed E-state index contributed by atoms with van der Waals surface area (Å²) in [6.07, 6.45) is 3.49. The van der Waals surface area contributed by atoms with Crippen LogP contribution in [0.15, 0.2) is 24.3 Å². The van der Waals surface area contributed by atoms with Crippen molar-refractivity contribution in [2.45, 2.75) is 72.0 Å². The van der Waals surface area contributed by atoms with Crippen LogP contribution in [0.5, 0.6) is 5.75 Å². The first kappa shape index (κ1) is 18.1. The Morgan fingerprint density at radius 1 is 1.09 bits per heavy atom. The molecule has 23 heavy (non-hydrogen) atoms. The third-order valence-corrected chi connectivity index (χ3v) is 11.2. The molecule has 2 heteroatoms. The number of aryl methyl sites for hydroxylation is 2. The fourth-order valence-electron chi connectivity index (χ4n) is 3.15. The summed E-state index contributed by atoms with van der Waals surface area (Å²) in [7, 11) is -1.72. The van der Waals surface area contributed by atoms with Gasteiger partial charge in [-0.05, 0) is 47.0 Å². The molecule has 2 aromatic carbocycles. The normalized spacial score (nSPS) is 12.8. The van der Waals surface area contributed by atoms with Crippen LogP contribution in [0.25, 0.3) is 10.8 Å². The molecule has 0 aliphatic heterocycles. The van der Waals surface area contributed by atoms with Crippen molar-refractivity contribution in [1.29, 1.82) is 0 Å². The lowest BCUT2D eigenvalue weighted by molar-refractivity contribution is 0.481. The van der Waals surface area contributed by atoms with E-state index >= 15 is 0 Å². The molecule has 0 heterocycles. The lowest BCUT2D eigenvalue weighted by Gasteiger charge is -2.38. The van der Waals surface area contributed by atoms with E-state index in [-0.39, 0.29) is 5.04 Å². The first-order chi connectivity index (χ1) is 10.6. The molecule has 0 bridgehead atoms. The minimum absolute atomic E-state index is 0.250. The number of hydrogen-bond donors (Lipinski definition) is 1. The van der Waals surface area contributed by atoms with Crippen LogP contribution in [-0.4, -0.2) is 13.2 Å². The SMILES string of the molecule is CCCCc1ccc(O)c2c([Si](C)(C)C(C)(C)C)cc(C)cc12. The van der Waals surface area contributed by atoms with Gasteiger partial charge in [-0.2, -0.15) is 0 Å². The fourth-order valence-corrected chi connectivity index (χ4v) is 5.43. The van der Waals surface area contributed by atoms with Gasteiger partial charge in [0.1, 0.15) is 5.75 Å². The molecule has 0 aliphatic carbocycles. The summed E-state index contributed by atoms with van der Waals surface area (Å²) in [6, 6.07) is 8.60. The van der Waals surface area contributed by atoms with E-state index in [2.05, 4.69) is 65.9 Å². The van der Waals surface area contributed by atoms with Crippen LogP contribution in [0, 0.1) is 6.92 Å². The predicted octanol–water partition coefficient (Wildman–Crippen LogP) is 5.91. The standard InChI is InChI=1S/C21H32OSi/c1-8-9-10-16-11-12-18(22)20-17(16)13-15(2)14-19(20)23(6,7)21(3,4)5/h11-14,22H,8-10H2,1-7H3. The molecule has 1 nitrogen and oxygen atoms in total. The monoisotopic (exact) mass is 328 g/mol. The second-order valence-electron chi connectivity index (χ2n) is 8.46.